The first kappa shape index (κ1) is 10.6. The molecule has 0 spiro atoms. The maximum absolute atomic E-state index is 5.94. The van der Waals surface area contributed by atoms with Gasteiger partial charge in [-0.1, -0.05) is 13.8 Å². The molecule has 2 aromatic rings. The third kappa shape index (κ3) is 1.79. The highest BCUT2D eigenvalue weighted by Crippen LogP contribution is 2.43. The van der Waals surface area contributed by atoms with Crippen LogP contribution in [0.4, 0.5) is 5.82 Å². The highest BCUT2D eigenvalue weighted by molar-refractivity contribution is 5.89. The van der Waals surface area contributed by atoms with Gasteiger partial charge in [0.25, 0.3) is 0 Å². The summed E-state index contributed by atoms with van der Waals surface area (Å²) in [7, 11) is 0. The number of aryl methyl sites for hydroxylation is 1. The Bertz CT molecular complexity index is 532. The topological polar surface area (TPSA) is 72.5 Å². The Balaban J connectivity index is 2.00. The fourth-order valence-corrected chi connectivity index (χ4v) is 2.19. The van der Waals surface area contributed by atoms with Crippen LogP contribution in [0.25, 0.3) is 11.0 Å². The summed E-state index contributed by atoms with van der Waals surface area (Å²) in [4.78, 5) is 0. The number of nitrogen functional groups attached to an aromatic ring is 1. The summed E-state index contributed by atoms with van der Waals surface area (Å²) in [6.07, 6.45) is 3.59. The van der Waals surface area contributed by atoms with E-state index in [0.717, 1.165) is 29.7 Å². The van der Waals surface area contributed by atoms with E-state index in [4.69, 9.17) is 10.8 Å². The van der Waals surface area contributed by atoms with E-state index in [1.165, 1.54) is 12.8 Å². The molecule has 3 N–H and O–H groups in total. The Labute approximate surface area is 100 Å². The molecule has 1 aliphatic carbocycles. The van der Waals surface area contributed by atoms with Gasteiger partial charge in [-0.15, -0.1) is 0 Å². The molecule has 5 nitrogen and oxygen atoms in total. The van der Waals surface area contributed by atoms with Crippen molar-refractivity contribution >= 4 is 16.9 Å². The second-order valence-electron chi connectivity index (χ2n) is 5.40. The lowest BCUT2D eigenvalue weighted by Gasteiger charge is -2.04. The first-order chi connectivity index (χ1) is 8.16. The van der Waals surface area contributed by atoms with Gasteiger partial charge in [0.05, 0.1) is 11.1 Å². The van der Waals surface area contributed by atoms with Crippen LogP contribution >= 0.6 is 0 Å². The van der Waals surface area contributed by atoms with Gasteiger partial charge in [0, 0.05) is 12.5 Å². The molecule has 5 heteroatoms. The van der Waals surface area contributed by atoms with Gasteiger partial charge in [0.15, 0.2) is 5.65 Å². The van der Waals surface area contributed by atoms with Crippen molar-refractivity contribution in [1.29, 1.82) is 0 Å². The molecule has 2 aromatic heterocycles. The maximum Gasteiger partial charge on any atom is 0.182 e. The number of nitrogens with one attached hydrogen (secondary N) is 1. The zero-order valence-electron chi connectivity index (χ0n) is 10.4. The van der Waals surface area contributed by atoms with Crippen LogP contribution in [-0.4, -0.2) is 20.0 Å². The van der Waals surface area contributed by atoms with Gasteiger partial charge >= 0.3 is 0 Å². The fraction of sp³-hybridized carbons (Fsp3) is 0.667. The third-order valence-corrected chi connectivity index (χ3v) is 3.39. The first-order valence-corrected chi connectivity index (χ1v) is 6.37. The molecule has 0 bridgehead atoms. The van der Waals surface area contributed by atoms with E-state index < -0.39 is 0 Å². The molecule has 0 radical (unpaired) electrons. The quantitative estimate of drug-likeness (QED) is 0.850. The molecule has 1 aliphatic rings. The van der Waals surface area contributed by atoms with E-state index >= 15 is 0 Å². The van der Waals surface area contributed by atoms with Crippen molar-refractivity contribution in [2.24, 2.45) is 5.92 Å². The predicted octanol–water partition coefficient (Wildman–Crippen LogP) is 2.27. The zero-order valence-corrected chi connectivity index (χ0v) is 10.4. The smallest absolute Gasteiger partial charge is 0.182 e. The number of aromatic nitrogens is 4. The fourth-order valence-electron chi connectivity index (χ4n) is 2.19. The number of fused-ring (bicyclic) bond motifs is 1. The number of nitrogens with zero attached hydrogens (tertiary/aromatic N) is 3. The number of hydrogen-bond donors (Lipinski definition) is 2. The first-order valence-electron chi connectivity index (χ1n) is 6.37. The van der Waals surface area contributed by atoms with E-state index in [0.29, 0.717) is 17.7 Å². The molecule has 1 saturated carbocycles. The van der Waals surface area contributed by atoms with Crippen LogP contribution in [0.2, 0.25) is 0 Å². The molecule has 0 saturated heterocycles. The molecule has 3 rings (SSSR count). The van der Waals surface area contributed by atoms with Crippen LogP contribution in [0.1, 0.15) is 44.7 Å². The number of H-pyrrole nitrogens is 1. The van der Waals surface area contributed by atoms with E-state index in [1.54, 1.807) is 0 Å². The van der Waals surface area contributed by atoms with E-state index in [-0.39, 0.29) is 0 Å². The van der Waals surface area contributed by atoms with E-state index in [9.17, 15) is 0 Å². The van der Waals surface area contributed by atoms with Crippen molar-refractivity contribution in [3.63, 3.8) is 0 Å². The Morgan fingerprint density at radius 3 is 2.88 bits per heavy atom. The van der Waals surface area contributed by atoms with Crippen LogP contribution in [0.15, 0.2) is 0 Å². The Morgan fingerprint density at radius 1 is 1.47 bits per heavy atom. The molecular formula is C12H19N5. The van der Waals surface area contributed by atoms with Gasteiger partial charge in [0.1, 0.15) is 5.82 Å². The second-order valence-corrected chi connectivity index (χ2v) is 5.40. The average molecular weight is 233 g/mol. The molecular weight excluding hydrogens is 214 g/mol. The van der Waals surface area contributed by atoms with Gasteiger partial charge in [-0.2, -0.15) is 10.2 Å². The average Bonchev–Trinajstić information content (AvgIpc) is 2.95. The molecule has 0 aliphatic heterocycles. The van der Waals surface area contributed by atoms with E-state index in [2.05, 4.69) is 24.0 Å². The van der Waals surface area contributed by atoms with Gasteiger partial charge in [0.2, 0.25) is 0 Å². The van der Waals surface area contributed by atoms with Gasteiger partial charge in [-0.3, -0.25) is 5.10 Å². The second kappa shape index (κ2) is 3.75. The molecule has 2 heterocycles. The van der Waals surface area contributed by atoms with Crippen molar-refractivity contribution in [1.82, 2.24) is 20.0 Å². The molecule has 1 fully saturated rings. The molecule has 0 atom stereocenters. The number of aromatic amines is 1. The third-order valence-electron chi connectivity index (χ3n) is 3.39. The summed E-state index contributed by atoms with van der Waals surface area (Å²) in [5, 5.41) is 12.9. The van der Waals surface area contributed by atoms with Crippen LogP contribution in [0.5, 0.6) is 0 Å². The highest BCUT2D eigenvalue weighted by atomic mass is 15.3. The van der Waals surface area contributed by atoms with Gasteiger partial charge < -0.3 is 5.73 Å². The lowest BCUT2D eigenvalue weighted by Crippen LogP contribution is -2.04. The molecule has 17 heavy (non-hydrogen) atoms. The van der Waals surface area contributed by atoms with E-state index in [1.807, 2.05) is 4.68 Å². The monoisotopic (exact) mass is 233 g/mol. The normalized spacial score (nSPS) is 16.2. The standard InChI is InChI=1S/C12H19N5/c1-7(2)5-6-17-12-9(11(13)14-15-12)10(16-17)8-3-4-8/h7-8H,3-6H2,1-2H3,(H3,13,14,15). The molecule has 0 unspecified atom stereocenters. The summed E-state index contributed by atoms with van der Waals surface area (Å²) in [5.74, 6) is 1.95. The van der Waals surface area contributed by atoms with Crippen LogP contribution in [0, 0.1) is 5.92 Å². The SMILES string of the molecule is CC(C)CCn1nc(C2CC2)c2c(N)[nH]nc21. The number of rotatable bonds is 4. The molecule has 0 amide bonds. The minimum Gasteiger partial charge on any atom is -0.383 e. The maximum atomic E-state index is 5.94. The summed E-state index contributed by atoms with van der Waals surface area (Å²) in [5.41, 5.74) is 8.01. The summed E-state index contributed by atoms with van der Waals surface area (Å²) >= 11 is 0. The van der Waals surface area contributed by atoms with Crippen molar-refractivity contribution in [3.05, 3.63) is 5.69 Å². The van der Waals surface area contributed by atoms with Crippen LogP contribution in [-0.2, 0) is 6.54 Å². The van der Waals surface area contributed by atoms with Gasteiger partial charge in [-0.05, 0) is 25.2 Å². The summed E-state index contributed by atoms with van der Waals surface area (Å²) in [6, 6.07) is 0. The predicted molar refractivity (Wildman–Crippen MR) is 67.7 cm³/mol. The summed E-state index contributed by atoms with van der Waals surface area (Å²) < 4.78 is 2.01. The minimum atomic E-state index is 0.609. The Kier molecular flexibility index (Phi) is 2.34. The van der Waals surface area contributed by atoms with Gasteiger partial charge in [-0.25, -0.2) is 4.68 Å². The lowest BCUT2D eigenvalue weighted by atomic mass is 10.1. The number of nitrogens with two attached hydrogens (primary N) is 1. The largest absolute Gasteiger partial charge is 0.383 e. The number of anilines is 1. The van der Waals surface area contributed by atoms with Crippen molar-refractivity contribution in [2.75, 3.05) is 5.73 Å². The Morgan fingerprint density at radius 2 is 2.24 bits per heavy atom. The van der Waals surface area contributed by atoms with Crippen molar-refractivity contribution in [2.45, 2.75) is 45.6 Å². The van der Waals surface area contributed by atoms with Crippen molar-refractivity contribution in [3.8, 4) is 0 Å². The Hall–Kier alpha value is -1.52. The highest BCUT2D eigenvalue weighted by Gasteiger charge is 2.31. The number of hydrogen-bond acceptors (Lipinski definition) is 3. The zero-order chi connectivity index (χ0) is 12.0. The van der Waals surface area contributed by atoms with Crippen LogP contribution < -0.4 is 5.73 Å². The lowest BCUT2D eigenvalue weighted by molar-refractivity contribution is 0.491. The minimum absolute atomic E-state index is 0.609. The van der Waals surface area contributed by atoms with Crippen molar-refractivity contribution < 1.29 is 0 Å². The molecule has 0 aromatic carbocycles. The molecule has 92 valence electrons. The summed E-state index contributed by atoms with van der Waals surface area (Å²) in [6.45, 7) is 5.37. The van der Waals surface area contributed by atoms with Crippen LogP contribution in [0.3, 0.4) is 0 Å².